The number of likely N-dealkylation sites (tertiary alicyclic amines) is 1. The van der Waals surface area contributed by atoms with Crippen molar-refractivity contribution in [2.45, 2.75) is 25.7 Å². The van der Waals surface area contributed by atoms with Crippen LogP contribution in [0.3, 0.4) is 0 Å². The second-order valence-corrected chi connectivity index (χ2v) is 4.24. The molecule has 0 radical (unpaired) electrons. The van der Waals surface area contributed by atoms with Gasteiger partial charge in [-0.05, 0) is 25.3 Å². The molecule has 0 aromatic carbocycles. The summed E-state index contributed by atoms with van der Waals surface area (Å²) in [6.07, 6.45) is 6.78. The van der Waals surface area contributed by atoms with Gasteiger partial charge in [-0.1, -0.05) is 6.07 Å². The number of pyridine rings is 1. The highest BCUT2D eigenvalue weighted by molar-refractivity contribution is 5.91. The third-order valence-corrected chi connectivity index (χ3v) is 3.17. The van der Waals surface area contributed by atoms with Crippen molar-refractivity contribution < 1.29 is 0 Å². The monoisotopic (exact) mass is 201 g/mol. The standard InChI is InChI=1S/C12H15N3/c1-2-7-15(8-3-1)11-9-10-5-4-6-13-12(10)14-11/h4-6H,1-3,7-9H2. The first-order valence-electron chi connectivity index (χ1n) is 5.70. The van der Waals surface area contributed by atoms with Crippen molar-refractivity contribution in [3.8, 4) is 0 Å². The van der Waals surface area contributed by atoms with Gasteiger partial charge < -0.3 is 4.90 Å². The molecule has 1 saturated heterocycles. The fourth-order valence-corrected chi connectivity index (χ4v) is 2.34. The SMILES string of the molecule is c1cnc2c(c1)CC(N1CCCCC1)=N2. The molecule has 3 rings (SSSR count). The number of aliphatic imine (C=N–C) groups is 1. The molecule has 1 aromatic rings. The third kappa shape index (κ3) is 1.62. The zero-order valence-electron chi connectivity index (χ0n) is 8.82. The van der Waals surface area contributed by atoms with Gasteiger partial charge >= 0.3 is 0 Å². The minimum atomic E-state index is 0.929. The molecule has 0 bridgehead atoms. The van der Waals surface area contributed by atoms with Gasteiger partial charge in [-0.3, -0.25) is 0 Å². The van der Waals surface area contributed by atoms with E-state index in [1.165, 1.54) is 43.8 Å². The molecule has 3 nitrogen and oxygen atoms in total. The van der Waals surface area contributed by atoms with Crippen LogP contribution in [0.25, 0.3) is 0 Å². The normalized spacial score (nSPS) is 20.0. The fraction of sp³-hybridized carbons (Fsp3) is 0.500. The molecule has 0 spiro atoms. The second-order valence-electron chi connectivity index (χ2n) is 4.24. The molecule has 0 atom stereocenters. The van der Waals surface area contributed by atoms with Crippen molar-refractivity contribution in [1.82, 2.24) is 9.88 Å². The number of piperidine rings is 1. The first-order chi connectivity index (χ1) is 7.43. The molecule has 78 valence electrons. The predicted octanol–water partition coefficient (Wildman–Crippen LogP) is 2.15. The first-order valence-corrected chi connectivity index (χ1v) is 5.70. The van der Waals surface area contributed by atoms with E-state index in [4.69, 9.17) is 0 Å². The lowest BCUT2D eigenvalue weighted by molar-refractivity contribution is 0.339. The van der Waals surface area contributed by atoms with Crippen LogP contribution in [0.4, 0.5) is 5.82 Å². The van der Waals surface area contributed by atoms with Crippen LogP contribution in [0.1, 0.15) is 24.8 Å². The molecule has 0 unspecified atom stereocenters. The molecule has 15 heavy (non-hydrogen) atoms. The van der Waals surface area contributed by atoms with E-state index >= 15 is 0 Å². The Morgan fingerprint density at radius 2 is 2.00 bits per heavy atom. The molecule has 0 aliphatic carbocycles. The van der Waals surface area contributed by atoms with Crippen molar-refractivity contribution in [1.29, 1.82) is 0 Å². The summed E-state index contributed by atoms with van der Waals surface area (Å²) in [5.74, 6) is 2.15. The van der Waals surface area contributed by atoms with Gasteiger partial charge in [-0.15, -0.1) is 0 Å². The Morgan fingerprint density at radius 3 is 2.80 bits per heavy atom. The number of fused-ring (bicyclic) bond motifs is 1. The Balaban J connectivity index is 1.81. The summed E-state index contributed by atoms with van der Waals surface area (Å²) in [6.45, 7) is 2.35. The summed E-state index contributed by atoms with van der Waals surface area (Å²) in [5.41, 5.74) is 1.28. The maximum atomic E-state index is 4.61. The largest absolute Gasteiger partial charge is 0.360 e. The highest BCUT2D eigenvalue weighted by Crippen LogP contribution is 2.25. The zero-order valence-corrected chi connectivity index (χ0v) is 8.82. The van der Waals surface area contributed by atoms with Crippen molar-refractivity contribution in [2.75, 3.05) is 13.1 Å². The van der Waals surface area contributed by atoms with Crippen LogP contribution >= 0.6 is 0 Å². The quantitative estimate of drug-likeness (QED) is 0.643. The van der Waals surface area contributed by atoms with Crippen LogP contribution in [0.5, 0.6) is 0 Å². The lowest BCUT2D eigenvalue weighted by atomic mass is 10.1. The molecular weight excluding hydrogens is 186 g/mol. The Hall–Kier alpha value is -1.38. The summed E-state index contributed by atoms with van der Waals surface area (Å²) in [7, 11) is 0. The first kappa shape index (κ1) is 8.89. The van der Waals surface area contributed by atoms with E-state index in [0.717, 1.165) is 12.2 Å². The highest BCUT2D eigenvalue weighted by Gasteiger charge is 2.21. The Kier molecular flexibility index (Phi) is 2.16. The zero-order chi connectivity index (χ0) is 10.1. The van der Waals surface area contributed by atoms with Crippen molar-refractivity contribution in [3.05, 3.63) is 23.9 Å². The number of rotatable bonds is 0. The molecule has 1 fully saturated rings. The summed E-state index contributed by atoms with van der Waals surface area (Å²) >= 11 is 0. The van der Waals surface area contributed by atoms with Crippen LogP contribution in [0.2, 0.25) is 0 Å². The van der Waals surface area contributed by atoms with Gasteiger partial charge in [0.15, 0.2) is 5.82 Å². The average molecular weight is 201 g/mol. The minimum absolute atomic E-state index is 0.929. The van der Waals surface area contributed by atoms with Gasteiger partial charge in [0.05, 0.1) is 0 Å². The molecular formula is C12H15N3. The van der Waals surface area contributed by atoms with E-state index in [1.54, 1.807) is 0 Å². The maximum Gasteiger partial charge on any atom is 0.157 e. The van der Waals surface area contributed by atoms with Crippen molar-refractivity contribution in [2.24, 2.45) is 4.99 Å². The Labute approximate surface area is 89.8 Å². The van der Waals surface area contributed by atoms with Crippen LogP contribution in [-0.4, -0.2) is 28.8 Å². The smallest absolute Gasteiger partial charge is 0.157 e. The van der Waals surface area contributed by atoms with E-state index < -0.39 is 0 Å². The van der Waals surface area contributed by atoms with Gasteiger partial charge in [0, 0.05) is 31.3 Å². The topological polar surface area (TPSA) is 28.5 Å². The lowest BCUT2D eigenvalue weighted by Gasteiger charge is -2.28. The van der Waals surface area contributed by atoms with Crippen molar-refractivity contribution in [3.63, 3.8) is 0 Å². The van der Waals surface area contributed by atoms with Crippen LogP contribution in [0.15, 0.2) is 23.3 Å². The van der Waals surface area contributed by atoms with Gasteiger partial charge in [0.2, 0.25) is 0 Å². The van der Waals surface area contributed by atoms with Crippen molar-refractivity contribution >= 4 is 11.7 Å². The van der Waals surface area contributed by atoms with E-state index in [9.17, 15) is 0 Å². The maximum absolute atomic E-state index is 4.61. The third-order valence-electron chi connectivity index (χ3n) is 3.17. The average Bonchev–Trinajstić information content (AvgIpc) is 2.74. The van der Waals surface area contributed by atoms with E-state index in [1.807, 2.05) is 12.3 Å². The van der Waals surface area contributed by atoms with E-state index in [0.29, 0.717) is 0 Å². The molecule has 0 N–H and O–H groups in total. The molecule has 2 aliphatic rings. The summed E-state index contributed by atoms with van der Waals surface area (Å²) in [5, 5.41) is 0. The Morgan fingerprint density at radius 1 is 1.13 bits per heavy atom. The predicted molar refractivity (Wildman–Crippen MR) is 60.5 cm³/mol. The van der Waals surface area contributed by atoms with Crippen LogP contribution in [-0.2, 0) is 6.42 Å². The van der Waals surface area contributed by atoms with Gasteiger partial charge in [-0.2, -0.15) is 0 Å². The fourth-order valence-electron chi connectivity index (χ4n) is 2.34. The lowest BCUT2D eigenvalue weighted by Crippen LogP contribution is -2.35. The summed E-state index contributed by atoms with van der Waals surface area (Å²) in [6, 6.07) is 4.12. The molecule has 3 heterocycles. The van der Waals surface area contributed by atoms with E-state index in [-0.39, 0.29) is 0 Å². The number of amidine groups is 1. The number of nitrogens with zero attached hydrogens (tertiary/aromatic N) is 3. The second kappa shape index (κ2) is 3.65. The summed E-state index contributed by atoms with van der Waals surface area (Å²) in [4.78, 5) is 11.3. The number of hydrogen-bond acceptors (Lipinski definition) is 3. The molecule has 2 aliphatic heterocycles. The van der Waals surface area contributed by atoms with Gasteiger partial charge in [-0.25, -0.2) is 9.98 Å². The molecule has 0 amide bonds. The molecule has 1 aromatic heterocycles. The van der Waals surface area contributed by atoms with Gasteiger partial charge in [0.1, 0.15) is 5.84 Å². The molecule has 3 heteroatoms. The van der Waals surface area contributed by atoms with Gasteiger partial charge in [0.25, 0.3) is 0 Å². The van der Waals surface area contributed by atoms with E-state index in [2.05, 4.69) is 20.9 Å². The Bertz CT molecular complexity index is 392. The van der Waals surface area contributed by atoms with Crippen LogP contribution < -0.4 is 0 Å². The van der Waals surface area contributed by atoms with Crippen LogP contribution in [0, 0.1) is 0 Å². The number of aromatic nitrogens is 1. The number of hydrogen-bond donors (Lipinski definition) is 0. The minimum Gasteiger partial charge on any atom is -0.360 e. The summed E-state index contributed by atoms with van der Waals surface area (Å²) < 4.78 is 0. The molecule has 0 saturated carbocycles. The highest BCUT2D eigenvalue weighted by atomic mass is 15.2.